The van der Waals surface area contributed by atoms with E-state index in [1.54, 1.807) is 0 Å². The SMILES string of the molecule is C#CC1(CCCCCCC)CCCC1.C/C=C(C)\C=C(/C#CCCC(NC)/C(C)=C/C)CC(C)CC.CC.CC.CC. The summed E-state index contributed by atoms with van der Waals surface area (Å²) in [5.41, 5.74) is 4.27. The molecule has 42 heavy (non-hydrogen) atoms. The van der Waals surface area contributed by atoms with Gasteiger partial charge in [0, 0.05) is 23.5 Å². The van der Waals surface area contributed by atoms with Gasteiger partial charge < -0.3 is 5.32 Å². The van der Waals surface area contributed by atoms with E-state index in [9.17, 15) is 0 Å². The molecule has 1 aliphatic carbocycles. The molecule has 0 heterocycles. The lowest BCUT2D eigenvalue weighted by atomic mass is 9.82. The van der Waals surface area contributed by atoms with Gasteiger partial charge in [0.2, 0.25) is 0 Å². The van der Waals surface area contributed by atoms with Gasteiger partial charge in [0.15, 0.2) is 0 Å². The Morgan fingerprint density at radius 1 is 0.905 bits per heavy atom. The van der Waals surface area contributed by atoms with Gasteiger partial charge in [-0.2, -0.15) is 0 Å². The molecule has 0 saturated heterocycles. The maximum Gasteiger partial charge on any atom is 0.0312 e. The van der Waals surface area contributed by atoms with Crippen LogP contribution in [-0.4, -0.2) is 13.1 Å². The quantitative estimate of drug-likeness (QED) is 0.0928. The maximum absolute atomic E-state index is 5.66. The minimum absolute atomic E-state index is 0.312. The van der Waals surface area contributed by atoms with Crippen molar-refractivity contribution in [1.82, 2.24) is 5.32 Å². The summed E-state index contributed by atoms with van der Waals surface area (Å²) < 4.78 is 0. The molecule has 246 valence electrons. The van der Waals surface area contributed by atoms with Crippen LogP contribution in [0.3, 0.4) is 0 Å². The highest BCUT2D eigenvalue weighted by Crippen LogP contribution is 2.41. The Morgan fingerprint density at radius 2 is 1.48 bits per heavy atom. The maximum atomic E-state index is 5.66. The molecule has 0 bridgehead atoms. The fourth-order valence-electron chi connectivity index (χ4n) is 4.80. The molecule has 1 heteroatoms. The van der Waals surface area contributed by atoms with Gasteiger partial charge in [-0.05, 0) is 78.8 Å². The molecular weight excluding hydrogens is 506 g/mol. The number of hydrogen-bond acceptors (Lipinski definition) is 1. The molecule has 0 aliphatic heterocycles. The summed E-state index contributed by atoms with van der Waals surface area (Å²) in [5.74, 6) is 10.5. The third kappa shape index (κ3) is 26.0. The summed E-state index contributed by atoms with van der Waals surface area (Å²) in [6.07, 6.45) is 30.0. The van der Waals surface area contributed by atoms with Crippen LogP contribution in [0, 0.1) is 35.5 Å². The fourth-order valence-corrected chi connectivity index (χ4v) is 4.80. The molecule has 1 fully saturated rings. The van der Waals surface area contributed by atoms with Gasteiger partial charge in [0.05, 0.1) is 0 Å². The van der Waals surface area contributed by atoms with Crippen LogP contribution in [0.1, 0.15) is 180 Å². The first-order valence-corrected chi connectivity index (χ1v) is 17.9. The number of rotatable bonds is 14. The van der Waals surface area contributed by atoms with Crippen molar-refractivity contribution in [1.29, 1.82) is 0 Å². The Kier molecular flexibility index (Phi) is 39.9. The first kappa shape index (κ1) is 47.2. The van der Waals surface area contributed by atoms with Crippen molar-refractivity contribution in [2.45, 2.75) is 186 Å². The largest absolute Gasteiger partial charge is 0.313 e. The van der Waals surface area contributed by atoms with Crippen molar-refractivity contribution < 1.29 is 0 Å². The molecule has 2 unspecified atom stereocenters. The van der Waals surface area contributed by atoms with Crippen LogP contribution < -0.4 is 5.32 Å². The van der Waals surface area contributed by atoms with Crippen molar-refractivity contribution in [3.8, 4) is 24.2 Å². The van der Waals surface area contributed by atoms with E-state index in [4.69, 9.17) is 6.42 Å². The first-order chi connectivity index (χ1) is 20.3. The average molecular weight is 584 g/mol. The van der Waals surface area contributed by atoms with E-state index in [-0.39, 0.29) is 0 Å². The Balaban J connectivity index is -0.000000309. The fraction of sp³-hybridized carbons (Fsp3) is 0.756. The summed E-state index contributed by atoms with van der Waals surface area (Å²) >= 11 is 0. The summed E-state index contributed by atoms with van der Waals surface area (Å²) in [7, 11) is 2.02. The van der Waals surface area contributed by atoms with Crippen LogP contribution in [0.25, 0.3) is 0 Å². The zero-order valence-corrected chi connectivity index (χ0v) is 31.4. The number of terminal acetylenes is 1. The van der Waals surface area contributed by atoms with Gasteiger partial charge in [-0.3, -0.25) is 0 Å². The van der Waals surface area contributed by atoms with Crippen molar-refractivity contribution in [2.75, 3.05) is 7.05 Å². The van der Waals surface area contributed by atoms with Gasteiger partial charge in [-0.15, -0.1) is 6.42 Å². The summed E-state index contributed by atoms with van der Waals surface area (Å²) in [5, 5.41) is 3.36. The molecule has 0 aromatic carbocycles. The molecule has 1 saturated carbocycles. The normalized spacial score (nSPS) is 15.3. The number of likely N-dealkylation sites (N-methyl/N-ethyl adjacent to an activating group) is 1. The molecule has 1 N–H and O–H groups in total. The molecule has 0 aromatic rings. The van der Waals surface area contributed by atoms with E-state index in [1.807, 2.05) is 48.6 Å². The van der Waals surface area contributed by atoms with Crippen LogP contribution in [0.5, 0.6) is 0 Å². The molecule has 0 amide bonds. The molecule has 0 aromatic heterocycles. The number of unbranched alkanes of at least 4 members (excludes halogenated alkanes) is 4. The Morgan fingerprint density at radius 3 is 1.93 bits per heavy atom. The molecule has 1 rings (SSSR count). The third-order valence-corrected chi connectivity index (χ3v) is 7.91. The van der Waals surface area contributed by atoms with Gasteiger partial charge >= 0.3 is 0 Å². The third-order valence-electron chi connectivity index (χ3n) is 7.91. The second-order valence-corrected chi connectivity index (χ2v) is 10.9. The number of nitrogens with one attached hydrogen (secondary N) is 1. The highest BCUT2D eigenvalue weighted by molar-refractivity contribution is 5.35. The lowest BCUT2D eigenvalue weighted by Gasteiger charge is -2.21. The zero-order valence-electron chi connectivity index (χ0n) is 31.4. The Labute approximate surface area is 268 Å². The van der Waals surface area contributed by atoms with Crippen LogP contribution >= 0.6 is 0 Å². The zero-order chi connectivity index (χ0) is 33.2. The smallest absolute Gasteiger partial charge is 0.0312 e. The Hall–Kier alpha value is -1.70. The lowest BCUT2D eigenvalue weighted by Crippen LogP contribution is -2.25. The molecule has 0 spiro atoms. The van der Waals surface area contributed by atoms with Gasteiger partial charge in [-0.25, -0.2) is 0 Å². The summed E-state index contributed by atoms with van der Waals surface area (Å²) in [6, 6.07) is 0.443. The minimum Gasteiger partial charge on any atom is -0.313 e. The van der Waals surface area contributed by atoms with Crippen LogP contribution in [-0.2, 0) is 0 Å². The summed E-state index contributed by atoms with van der Waals surface area (Å²) in [4.78, 5) is 0. The first-order valence-electron chi connectivity index (χ1n) is 17.9. The monoisotopic (exact) mass is 584 g/mol. The van der Waals surface area contributed by atoms with E-state index in [0.29, 0.717) is 17.4 Å². The van der Waals surface area contributed by atoms with Gasteiger partial charge in [-0.1, -0.05) is 155 Å². The average Bonchev–Trinajstić information content (AvgIpc) is 3.52. The van der Waals surface area contributed by atoms with E-state index in [0.717, 1.165) is 19.3 Å². The molecule has 1 aliphatic rings. The van der Waals surface area contributed by atoms with Crippen molar-refractivity contribution in [3.63, 3.8) is 0 Å². The highest BCUT2D eigenvalue weighted by atomic mass is 14.9. The second kappa shape index (κ2) is 35.5. The van der Waals surface area contributed by atoms with Gasteiger partial charge in [0.1, 0.15) is 0 Å². The van der Waals surface area contributed by atoms with Crippen LogP contribution in [0.2, 0.25) is 0 Å². The molecular formula is C41H77N. The standard InChI is InChI=1S/C21H35N.C14H24.3C2H6/c1-8-17(4)15-20(16-18(5)9-2)13-11-12-14-21(22-7)19(6)10-3;1-3-5-6-7-8-11-14(4-2)12-9-10-13-14;3*1-2/h8,10,15,18,21-22H,9,12,14,16H2,1-7H3;2H,3,5-13H2,1H3;3*1-2H3/b17-8-,19-10+,20-15+;;;;. The topological polar surface area (TPSA) is 12.0 Å². The predicted octanol–water partition coefficient (Wildman–Crippen LogP) is 13.3. The lowest BCUT2D eigenvalue weighted by molar-refractivity contribution is 0.362. The van der Waals surface area contributed by atoms with Gasteiger partial charge in [0.25, 0.3) is 0 Å². The van der Waals surface area contributed by atoms with Crippen LogP contribution in [0.4, 0.5) is 0 Å². The predicted molar refractivity (Wildman–Crippen MR) is 198 cm³/mol. The summed E-state index contributed by atoms with van der Waals surface area (Å²) in [6.45, 7) is 27.3. The molecule has 1 nitrogen and oxygen atoms in total. The van der Waals surface area contributed by atoms with E-state index in [1.165, 1.54) is 87.3 Å². The van der Waals surface area contributed by atoms with Crippen molar-refractivity contribution in [2.24, 2.45) is 11.3 Å². The van der Waals surface area contributed by atoms with E-state index in [2.05, 4.69) is 89.8 Å². The highest BCUT2D eigenvalue weighted by Gasteiger charge is 2.30. The molecule has 0 radical (unpaired) electrons. The number of allylic oxidation sites excluding steroid dienone is 5. The van der Waals surface area contributed by atoms with E-state index < -0.39 is 0 Å². The molecule has 2 atom stereocenters. The Bertz CT molecular complexity index is 755. The van der Waals surface area contributed by atoms with Crippen LogP contribution in [0.15, 0.2) is 34.9 Å². The van der Waals surface area contributed by atoms with Crippen molar-refractivity contribution in [3.05, 3.63) is 34.9 Å². The number of hydrogen-bond donors (Lipinski definition) is 1. The van der Waals surface area contributed by atoms with E-state index >= 15 is 0 Å². The minimum atomic E-state index is 0.312. The second-order valence-electron chi connectivity index (χ2n) is 10.9. The van der Waals surface area contributed by atoms with Crippen molar-refractivity contribution >= 4 is 0 Å².